The molecule has 1 saturated heterocycles. The quantitative estimate of drug-likeness (QED) is 0.813. The van der Waals surface area contributed by atoms with E-state index in [9.17, 15) is 13.2 Å². The van der Waals surface area contributed by atoms with E-state index in [1.165, 1.54) is 6.20 Å². The lowest BCUT2D eigenvalue weighted by Gasteiger charge is -2.30. The second-order valence-electron chi connectivity index (χ2n) is 4.94. The highest BCUT2D eigenvalue weighted by Gasteiger charge is 2.32. The van der Waals surface area contributed by atoms with E-state index in [2.05, 4.69) is 9.71 Å². The van der Waals surface area contributed by atoms with E-state index < -0.39 is 22.1 Å². The molecule has 0 aromatic carbocycles. The molecule has 0 saturated carbocycles. The third kappa shape index (κ3) is 3.63. The molecular weight excluding hydrogens is 318 g/mol. The molecule has 0 bridgehead atoms. The number of aryl methyl sites for hydroxylation is 1. The fourth-order valence-electron chi connectivity index (χ4n) is 2.20. The standard InChI is InChI=1S/C12H16ClN3O4S/c1-8-4-5-14-11(13)10(8)15-21(19,20)16-6-2-3-9(7-16)12(17)18/h4-5,9,15H,2-3,6-7H2,1H3,(H,17,18). The second kappa shape index (κ2) is 6.17. The lowest BCUT2D eigenvalue weighted by Crippen LogP contribution is -2.44. The number of anilines is 1. The molecule has 1 unspecified atom stereocenters. The number of carbonyl (C=O) groups is 1. The Hall–Kier alpha value is -1.38. The molecule has 1 atom stereocenters. The van der Waals surface area contributed by atoms with E-state index >= 15 is 0 Å². The van der Waals surface area contributed by atoms with Crippen molar-refractivity contribution in [3.05, 3.63) is 23.0 Å². The average molecular weight is 334 g/mol. The molecule has 2 N–H and O–H groups in total. The normalized spacial score (nSPS) is 20.2. The summed E-state index contributed by atoms with van der Waals surface area (Å²) in [6, 6.07) is 1.64. The van der Waals surface area contributed by atoms with Gasteiger partial charge in [-0.05, 0) is 31.4 Å². The van der Waals surface area contributed by atoms with Crippen molar-refractivity contribution in [2.75, 3.05) is 17.8 Å². The monoisotopic (exact) mass is 333 g/mol. The third-order valence-electron chi connectivity index (χ3n) is 3.42. The average Bonchev–Trinajstić information content (AvgIpc) is 2.43. The van der Waals surface area contributed by atoms with Crippen LogP contribution in [0, 0.1) is 12.8 Å². The Bertz CT molecular complexity index is 630. The summed E-state index contributed by atoms with van der Waals surface area (Å²) in [5, 5.41) is 9.09. The Kier molecular flexibility index (Phi) is 4.70. The van der Waals surface area contributed by atoms with Crippen LogP contribution in [0.15, 0.2) is 12.3 Å². The van der Waals surface area contributed by atoms with Crippen molar-refractivity contribution >= 4 is 33.5 Å². The van der Waals surface area contributed by atoms with E-state index in [1.807, 2.05) is 0 Å². The SMILES string of the molecule is Cc1ccnc(Cl)c1NS(=O)(=O)N1CCCC(C(=O)O)C1. The second-order valence-corrected chi connectivity index (χ2v) is 6.96. The molecule has 2 rings (SSSR count). The van der Waals surface area contributed by atoms with Crippen LogP contribution < -0.4 is 4.72 Å². The third-order valence-corrected chi connectivity index (χ3v) is 5.18. The number of nitrogens with one attached hydrogen (secondary N) is 1. The molecule has 1 aliphatic heterocycles. The van der Waals surface area contributed by atoms with Gasteiger partial charge in [-0.1, -0.05) is 11.6 Å². The summed E-state index contributed by atoms with van der Waals surface area (Å²) in [6.07, 6.45) is 2.47. The summed E-state index contributed by atoms with van der Waals surface area (Å²) >= 11 is 5.90. The number of nitrogens with zero attached hydrogens (tertiary/aromatic N) is 2. The first-order valence-corrected chi connectivity index (χ1v) is 8.25. The molecule has 21 heavy (non-hydrogen) atoms. The van der Waals surface area contributed by atoms with Crippen molar-refractivity contribution in [2.24, 2.45) is 5.92 Å². The van der Waals surface area contributed by atoms with E-state index in [0.717, 1.165) is 4.31 Å². The fourth-order valence-corrected chi connectivity index (χ4v) is 3.90. The number of pyridine rings is 1. The van der Waals surface area contributed by atoms with Gasteiger partial charge in [0, 0.05) is 19.3 Å². The lowest BCUT2D eigenvalue weighted by molar-refractivity contribution is -0.142. The molecule has 0 aliphatic carbocycles. The van der Waals surface area contributed by atoms with Crippen LogP contribution >= 0.6 is 11.6 Å². The van der Waals surface area contributed by atoms with E-state index in [0.29, 0.717) is 18.4 Å². The zero-order valence-electron chi connectivity index (χ0n) is 11.4. The number of aliphatic carboxylic acids is 1. The number of aromatic nitrogens is 1. The Morgan fingerprint density at radius 2 is 2.29 bits per heavy atom. The van der Waals surface area contributed by atoms with Crippen molar-refractivity contribution in [3.8, 4) is 0 Å². The number of rotatable bonds is 4. The van der Waals surface area contributed by atoms with Crippen LogP contribution in [0.2, 0.25) is 5.15 Å². The Morgan fingerprint density at radius 3 is 2.90 bits per heavy atom. The highest BCUT2D eigenvalue weighted by Crippen LogP contribution is 2.26. The lowest BCUT2D eigenvalue weighted by atomic mass is 10.0. The summed E-state index contributed by atoms with van der Waals surface area (Å²) in [6.45, 7) is 1.96. The van der Waals surface area contributed by atoms with Gasteiger partial charge >= 0.3 is 16.2 Å². The van der Waals surface area contributed by atoms with Gasteiger partial charge in [-0.25, -0.2) is 4.98 Å². The predicted octanol–water partition coefficient (Wildman–Crippen LogP) is 1.50. The van der Waals surface area contributed by atoms with Crippen LogP contribution in [0.25, 0.3) is 0 Å². The maximum atomic E-state index is 12.4. The molecule has 1 fully saturated rings. The van der Waals surface area contributed by atoms with Crippen LogP contribution in [-0.4, -0.2) is 41.9 Å². The topological polar surface area (TPSA) is 99.6 Å². The van der Waals surface area contributed by atoms with Gasteiger partial charge in [0.2, 0.25) is 0 Å². The van der Waals surface area contributed by atoms with Gasteiger partial charge in [0.15, 0.2) is 5.15 Å². The summed E-state index contributed by atoms with van der Waals surface area (Å²) in [4.78, 5) is 14.9. The van der Waals surface area contributed by atoms with Crippen LogP contribution in [0.1, 0.15) is 18.4 Å². The zero-order chi connectivity index (χ0) is 15.6. The highest BCUT2D eigenvalue weighted by atomic mass is 35.5. The van der Waals surface area contributed by atoms with Crippen LogP contribution in [0.3, 0.4) is 0 Å². The number of hydrogen-bond acceptors (Lipinski definition) is 4. The zero-order valence-corrected chi connectivity index (χ0v) is 13.0. The summed E-state index contributed by atoms with van der Waals surface area (Å²) in [5.74, 6) is -1.66. The molecule has 2 heterocycles. The van der Waals surface area contributed by atoms with E-state index in [-0.39, 0.29) is 23.9 Å². The molecule has 1 aromatic heterocycles. The number of hydrogen-bond donors (Lipinski definition) is 2. The van der Waals surface area contributed by atoms with Crippen molar-refractivity contribution in [3.63, 3.8) is 0 Å². The first-order chi connectivity index (χ1) is 9.81. The Balaban J connectivity index is 2.20. The van der Waals surface area contributed by atoms with E-state index in [1.54, 1.807) is 13.0 Å². The maximum Gasteiger partial charge on any atom is 0.307 e. The van der Waals surface area contributed by atoms with Crippen molar-refractivity contribution in [1.29, 1.82) is 0 Å². The Labute approximate surface area is 128 Å². The van der Waals surface area contributed by atoms with E-state index in [4.69, 9.17) is 16.7 Å². The van der Waals surface area contributed by atoms with Crippen molar-refractivity contribution < 1.29 is 18.3 Å². The summed E-state index contributed by atoms with van der Waals surface area (Å²) in [7, 11) is -3.85. The number of carboxylic acids is 1. The smallest absolute Gasteiger partial charge is 0.307 e. The van der Waals surface area contributed by atoms with Crippen LogP contribution in [-0.2, 0) is 15.0 Å². The molecule has 0 radical (unpaired) electrons. The predicted molar refractivity (Wildman–Crippen MR) is 78.5 cm³/mol. The van der Waals surface area contributed by atoms with Gasteiger partial charge in [-0.3, -0.25) is 9.52 Å². The minimum atomic E-state index is -3.85. The minimum absolute atomic E-state index is 0.0401. The first-order valence-electron chi connectivity index (χ1n) is 6.43. The molecular formula is C12H16ClN3O4S. The van der Waals surface area contributed by atoms with Gasteiger partial charge < -0.3 is 5.11 Å². The van der Waals surface area contributed by atoms with Gasteiger partial charge in [-0.15, -0.1) is 0 Å². The van der Waals surface area contributed by atoms with Crippen molar-refractivity contribution in [1.82, 2.24) is 9.29 Å². The molecule has 0 amide bonds. The van der Waals surface area contributed by atoms with Gasteiger partial charge in [-0.2, -0.15) is 12.7 Å². The minimum Gasteiger partial charge on any atom is -0.481 e. The maximum absolute atomic E-state index is 12.4. The van der Waals surface area contributed by atoms with Gasteiger partial charge in [0.25, 0.3) is 0 Å². The summed E-state index contributed by atoms with van der Waals surface area (Å²) in [5.41, 5.74) is 0.863. The van der Waals surface area contributed by atoms with Crippen molar-refractivity contribution in [2.45, 2.75) is 19.8 Å². The number of halogens is 1. The molecule has 116 valence electrons. The largest absolute Gasteiger partial charge is 0.481 e. The molecule has 7 nitrogen and oxygen atoms in total. The van der Waals surface area contributed by atoms with Crippen LogP contribution in [0.5, 0.6) is 0 Å². The Morgan fingerprint density at radius 1 is 1.57 bits per heavy atom. The first kappa shape index (κ1) is 16.0. The molecule has 0 spiro atoms. The van der Waals surface area contributed by atoms with Crippen LogP contribution in [0.4, 0.5) is 5.69 Å². The number of carboxylic acid groups (broad SMARTS) is 1. The fraction of sp³-hybridized carbons (Fsp3) is 0.500. The molecule has 1 aliphatic rings. The van der Waals surface area contributed by atoms with Gasteiger partial charge in [0.1, 0.15) is 0 Å². The number of piperidine rings is 1. The highest BCUT2D eigenvalue weighted by molar-refractivity contribution is 7.90. The molecule has 1 aromatic rings. The molecule has 9 heteroatoms. The van der Waals surface area contributed by atoms with Gasteiger partial charge in [0.05, 0.1) is 11.6 Å². The summed E-state index contributed by atoms with van der Waals surface area (Å²) < 4.78 is 28.3.